The molecular formula is C15H19N3. The average Bonchev–Trinajstić information content (AvgIpc) is 2.98. The number of hydrogen-bond acceptors (Lipinski definition) is 2. The van der Waals surface area contributed by atoms with Gasteiger partial charge < -0.3 is 5.32 Å². The first kappa shape index (κ1) is 11.5. The number of rotatable bonds is 2. The molecule has 1 N–H and O–H groups in total. The molecule has 1 unspecified atom stereocenters. The van der Waals surface area contributed by atoms with E-state index in [-0.39, 0.29) is 0 Å². The van der Waals surface area contributed by atoms with Crippen molar-refractivity contribution in [3.63, 3.8) is 0 Å². The van der Waals surface area contributed by atoms with Crippen LogP contribution in [-0.4, -0.2) is 22.9 Å². The lowest BCUT2D eigenvalue weighted by atomic mass is 9.93. The number of nitrogens with zero attached hydrogens (tertiary/aromatic N) is 2. The summed E-state index contributed by atoms with van der Waals surface area (Å²) in [6.07, 6.45) is 5.26. The molecule has 1 aromatic heterocycles. The number of hydrogen-bond donors (Lipinski definition) is 1. The zero-order chi connectivity index (χ0) is 12.5. The van der Waals surface area contributed by atoms with E-state index in [1.54, 1.807) is 0 Å². The second-order valence-electron chi connectivity index (χ2n) is 5.22. The largest absolute Gasteiger partial charge is 0.316 e. The smallest absolute Gasteiger partial charge is 0.0568 e. The van der Waals surface area contributed by atoms with Crippen molar-refractivity contribution >= 4 is 0 Å². The van der Waals surface area contributed by atoms with Gasteiger partial charge in [0.1, 0.15) is 0 Å². The third-order valence-corrected chi connectivity index (χ3v) is 3.67. The van der Waals surface area contributed by atoms with E-state index in [2.05, 4.69) is 41.7 Å². The van der Waals surface area contributed by atoms with Gasteiger partial charge in [-0.2, -0.15) is 5.10 Å². The SMILES string of the molecule is Cc1cc(-c2cnn(C)c2)cc(C2CCNC2)c1. The fourth-order valence-corrected chi connectivity index (χ4v) is 2.72. The van der Waals surface area contributed by atoms with Crippen LogP contribution in [0.3, 0.4) is 0 Å². The Morgan fingerprint density at radius 3 is 2.83 bits per heavy atom. The molecule has 0 aliphatic carbocycles. The second-order valence-corrected chi connectivity index (χ2v) is 5.22. The molecule has 1 saturated heterocycles. The van der Waals surface area contributed by atoms with Crippen molar-refractivity contribution in [1.82, 2.24) is 15.1 Å². The second kappa shape index (κ2) is 4.58. The van der Waals surface area contributed by atoms with Gasteiger partial charge in [-0.15, -0.1) is 0 Å². The van der Waals surface area contributed by atoms with Crippen molar-refractivity contribution in [3.05, 3.63) is 41.7 Å². The molecule has 1 fully saturated rings. The molecule has 3 rings (SSSR count). The predicted molar refractivity (Wildman–Crippen MR) is 73.6 cm³/mol. The topological polar surface area (TPSA) is 29.9 Å². The van der Waals surface area contributed by atoms with Crippen LogP contribution < -0.4 is 5.32 Å². The summed E-state index contributed by atoms with van der Waals surface area (Å²) in [7, 11) is 1.96. The van der Waals surface area contributed by atoms with Gasteiger partial charge >= 0.3 is 0 Å². The highest BCUT2D eigenvalue weighted by atomic mass is 15.2. The fraction of sp³-hybridized carbons (Fsp3) is 0.400. The summed E-state index contributed by atoms with van der Waals surface area (Å²) in [5.41, 5.74) is 5.27. The summed E-state index contributed by atoms with van der Waals surface area (Å²) in [6.45, 7) is 4.42. The average molecular weight is 241 g/mol. The number of aryl methyl sites for hydroxylation is 2. The molecule has 0 saturated carbocycles. The Kier molecular flexibility index (Phi) is 2.92. The molecule has 18 heavy (non-hydrogen) atoms. The van der Waals surface area contributed by atoms with Gasteiger partial charge in [0, 0.05) is 25.4 Å². The molecule has 1 atom stereocenters. The first-order valence-electron chi connectivity index (χ1n) is 6.54. The molecule has 0 spiro atoms. The van der Waals surface area contributed by atoms with Crippen molar-refractivity contribution in [2.75, 3.05) is 13.1 Å². The fourth-order valence-electron chi connectivity index (χ4n) is 2.72. The standard InChI is InChI=1S/C15H19N3/c1-11-5-13(12-3-4-16-8-12)7-14(6-11)15-9-17-18(2)10-15/h5-7,9-10,12,16H,3-4,8H2,1-2H3. The van der Waals surface area contributed by atoms with Crippen LogP contribution in [0.15, 0.2) is 30.6 Å². The van der Waals surface area contributed by atoms with Gasteiger partial charge in [0.2, 0.25) is 0 Å². The molecule has 3 heteroatoms. The van der Waals surface area contributed by atoms with E-state index in [9.17, 15) is 0 Å². The normalized spacial score (nSPS) is 19.3. The minimum atomic E-state index is 0.667. The quantitative estimate of drug-likeness (QED) is 0.875. The Hall–Kier alpha value is -1.61. The third-order valence-electron chi connectivity index (χ3n) is 3.67. The van der Waals surface area contributed by atoms with Crippen LogP contribution in [-0.2, 0) is 7.05 Å². The van der Waals surface area contributed by atoms with E-state index in [1.165, 1.54) is 28.7 Å². The molecule has 2 aromatic rings. The summed E-state index contributed by atoms with van der Waals surface area (Å²) < 4.78 is 1.86. The van der Waals surface area contributed by atoms with Gasteiger partial charge in [0.05, 0.1) is 6.20 Å². The van der Waals surface area contributed by atoms with Gasteiger partial charge in [-0.25, -0.2) is 0 Å². The summed E-state index contributed by atoms with van der Waals surface area (Å²) in [4.78, 5) is 0. The van der Waals surface area contributed by atoms with E-state index in [0.717, 1.165) is 13.1 Å². The molecule has 1 aromatic carbocycles. The Morgan fingerprint density at radius 1 is 1.28 bits per heavy atom. The van der Waals surface area contributed by atoms with Crippen LogP contribution in [0.1, 0.15) is 23.5 Å². The van der Waals surface area contributed by atoms with E-state index in [4.69, 9.17) is 0 Å². The summed E-state index contributed by atoms with van der Waals surface area (Å²) in [6, 6.07) is 6.88. The Labute approximate surface area is 108 Å². The maximum Gasteiger partial charge on any atom is 0.0568 e. The molecule has 2 heterocycles. The van der Waals surface area contributed by atoms with E-state index in [0.29, 0.717) is 5.92 Å². The monoisotopic (exact) mass is 241 g/mol. The molecule has 1 aliphatic rings. The summed E-state index contributed by atoms with van der Waals surface area (Å²) >= 11 is 0. The van der Waals surface area contributed by atoms with Crippen LogP contribution >= 0.6 is 0 Å². The number of nitrogens with one attached hydrogen (secondary N) is 1. The van der Waals surface area contributed by atoms with Crippen molar-refractivity contribution in [1.29, 1.82) is 0 Å². The van der Waals surface area contributed by atoms with Crippen LogP contribution in [0.2, 0.25) is 0 Å². The highest BCUT2D eigenvalue weighted by Gasteiger charge is 2.17. The lowest BCUT2D eigenvalue weighted by molar-refractivity contribution is 0.763. The maximum atomic E-state index is 4.25. The van der Waals surface area contributed by atoms with Crippen LogP contribution in [0.4, 0.5) is 0 Å². The minimum absolute atomic E-state index is 0.667. The van der Waals surface area contributed by atoms with Crippen LogP contribution in [0, 0.1) is 6.92 Å². The Bertz CT molecular complexity index is 551. The van der Waals surface area contributed by atoms with E-state index < -0.39 is 0 Å². The molecule has 1 aliphatic heterocycles. The van der Waals surface area contributed by atoms with E-state index >= 15 is 0 Å². The molecule has 94 valence electrons. The van der Waals surface area contributed by atoms with Crippen molar-refractivity contribution in [3.8, 4) is 11.1 Å². The Balaban J connectivity index is 1.99. The summed E-state index contributed by atoms with van der Waals surface area (Å²) in [5, 5.41) is 7.69. The van der Waals surface area contributed by atoms with Crippen LogP contribution in [0.25, 0.3) is 11.1 Å². The molecular weight excluding hydrogens is 222 g/mol. The lowest BCUT2D eigenvalue weighted by Gasteiger charge is -2.12. The summed E-state index contributed by atoms with van der Waals surface area (Å²) in [5.74, 6) is 0.667. The van der Waals surface area contributed by atoms with Gasteiger partial charge in [-0.1, -0.05) is 23.8 Å². The van der Waals surface area contributed by atoms with Crippen molar-refractivity contribution in [2.45, 2.75) is 19.3 Å². The maximum absolute atomic E-state index is 4.25. The molecule has 0 bridgehead atoms. The zero-order valence-corrected chi connectivity index (χ0v) is 11.0. The zero-order valence-electron chi connectivity index (χ0n) is 11.0. The third kappa shape index (κ3) is 2.18. The number of aromatic nitrogens is 2. The van der Waals surface area contributed by atoms with Crippen molar-refractivity contribution in [2.24, 2.45) is 7.05 Å². The minimum Gasteiger partial charge on any atom is -0.316 e. The first-order valence-corrected chi connectivity index (χ1v) is 6.54. The van der Waals surface area contributed by atoms with Crippen molar-refractivity contribution < 1.29 is 0 Å². The number of benzene rings is 1. The first-order chi connectivity index (χ1) is 8.72. The molecule has 3 nitrogen and oxygen atoms in total. The van der Waals surface area contributed by atoms with E-state index in [1.807, 2.05) is 17.9 Å². The molecule has 0 radical (unpaired) electrons. The van der Waals surface area contributed by atoms with Gasteiger partial charge in [-0.3, -0.25) is 4.68 Å². The highest BCUT2D eigenvalue weighted by molar-refractivity contribution is 5.64. The highest BCUT2D eigenvalue weighted by Crippen LogP contribution is 2.28. The molecule has 0 amide bonds. The van der Waals surface area contributed by atoms with Gasteiger partial charge in [-0.05, 0) is 36.9 Å². The Morgan fingerprint density at radius 2 is 2.17 bits per heavy atom. The van der Waals surface area contributed by atoms with Gasteiger partial charge in [0.15, 0.2) is 0 Å². The van der Waals surface area contributed by atoms with Gasteiger partial charge in [0.25, 0.3) is 0 Å². The van der Waals surface area contributed by atoms with Crippen LogP contribution in [0.5, 0.6) is 0 Å². The predicted octanol–water partition coefficient (Wildman–Crippen LogP) is 2.47. The lowest BCUT2D eigenvalue weighted by Crippen LogP contribution is -2.08.